The highest BCUT2D eigenvalue weighted by Crippen LogP contribution is 2.52. The van der Waals surface area contributed by atoms with Crippen LogP contribution in [0.2, 0.25) is 0 Å². The Bertz CT molecular complexity index is 138. The SMILES string of the molecule is OC1CCC2(C1)SCCCS2. The first-order valence-electron chi connectivity index (χ1n) is 4.27. The zero-order chi connectivity index (χ0) is 7.73. The molecule has 0 aromatic carbocycles. The highest BCUT2D eigenvalue weighted by atomic mass is 32.2. The number of hydrogen-bond donors (Lipinski definition) is 1. The highest BCUT2D eigenvalue weighted by molar-refractivity contribution is 8.18. The first kappa shape index (κ1) is 8.27. The summed E-state index contributed by atoms with van der Waals surface area (Å²) in [5.41, 5.74) is 0. The van der Waals surface area contributed by atoms with E-state index < -0.39 is 0 Å². The van der Waals surface area contributed by atoms with Gasteiger partial charge in [0.1, 0.15) is 0 Å². The molecule has 1 spiro atoms. The third-order valence-corrected chi connectivity index (χ3v) is 5.91. The van der Waals surface area contributed by atoms with Crippen molar-refractivity contribution in [2.24, 2.45) is 0 Å². The van der Waals surface area contributed by atoms with Crippen molar-refractivity contribution in [2.75, 3.05) is 11.5 Å². The summed E-state index contributed by atoms with van der Waals surface area (Å²) in [5, 5.41) is 9.42. The van der Waals surface area contributed by atoms with Gasteiger partial charge in [0.05, 0.1) is 10.2 Å². The first-order chi connectivity index (χ1) is 5.31. The summed E-state index contributed by atoms with van der Waals surface area (Å²) in [7, 11) is 0. The minimum atomic E-state index is -0.00639. The van der Waals surface area contributed by atoms with E-state index in [4.69, 9.17) is 0 Å². The van der Waals surface area contributed by atoms with E-state index in [-0.39, 0.29) is 6.10 Å². The molecular weight excluding hydrogens is 176 g/mol. The fourth-order valence-corrected chi connectivity index (χ4v) is 5.31. The van der Waals surface area contributed by atoms with Crippen LogP contribution in [0.4, 0.5) is 0 Å². The standard InChI is InChI=1S/C8H14OS2/c9-7-2-3-8(6-7)10-4-1-5-11-8/h7,9H,1-6H2. The van der Waals surface area contributed by atoms with Crippen molar-refractivity contribution in [3.8, 4) is 0 Å². The number of hydrogen-bond acceptors (Lipinski definition) is 3. The van der Waals surface area contributed by atoms with Gasteiger partial charge in [-0.3, -0.25) is 0 Å². The van der Waals surface area contributed by atoms with Crippen LogP contribution in [0.5, 0.6) is 0 Å². The molecule has 2 aliphatic rings. The molecule has 2 rings (SSSR count). The van der Waals surface area contributed by atoms with Crippen molar-refractivity contribution < 1.29 is 5.11 Å². The lowest BCUT2D eigenvalue weighted by molar-refractivity contribution is 0.183. The molecule has 0 amide bonds. The lowest BCUT2D eigenvalue weighted by Crippen LogP contribution is -2.22. The highest BCUT2D eigenvalue weighted by Gasteiger charge is 2.40. The second-order valence-corrected chi connectivity index (χ2v) is 6.57. The molecule has 0 aromatic heterocycles. The Kier molecular flexibility index (Phi) is 2.40. The van der Waals surface area contributed by atoms with E-state index in [0.717, 1.165) is 12.8 Å². The molecule has 1 aliphatic carbocycles. The molecule has 0 aromatic rings. The van der Waals surface area contributed by atoms with Crippen LogP contribution in [0, 0.1) is 0 Å². The van der Waals surface area contributed by atoms with Gasteiger partial charge >= 0.3 is 0 Å². The van der Waals surface area contributed by atoms with E-state index >= 15 is 0 Å². The van der Waals surface area contributed by atoms with Gasteiger partial charge in [-0.2, -0.15) is 0 Å². The molecule has 1 unspecified atom stereocenters. The smallest absolute Gasteiger partial charge is 0.0636 e. The van der Waals surface area contributed by atoms with Crippen LogP contribution in [0.25, 0.3) is 0 Å². The van der Waals surface area contributed by atoms with E-state index in [1.807, 2.05) is 0 Å². The number of aliphatic hydroxyl groups is 1. The average molecular weight is 190 g/mol. The van der Waals surface area contributed by atoms with Crippen molar-refractivity contribution in [2.45, 2.75) is 35.9 Å². The number of aliphatic hydroxyl groups excluding tert-OH is 1. The Morgan fingerprint density at radius 1 is 1.27 bits per heavy atom. The van der Waals surface area contributed by atoms with Gasteiger partial charge in [-0.05, 0) is 37.2 Å². The molecule has 1 saturated carbocycles. The van der Waals surface area contributed by atoms with Crippen LogP contribution in [0.1, 0.15) is 25.7 Å². The molecule has 1 N–H and O–H groups in total. The molecule has 1 atom stereocenters. The molecule has 2 fully saturated rings. The minimum Gasteiger partial charge on any atom is -0.393 e. The number of rotatable bonds is 0. The fraction of sp³-hybridized carbons (Fsp3) is 1.00. The van der Waals surface area contributed by atoms with Crippen LogP contribution in [0.3, 0.4) is 0 Å². The van der Waals surface area contributed by atoms with Gasteiger partial charge in [-0.1, -0.05) is 0 Å². The van der Waals surface area contributed by atoms with Gasteiger partial charge in [0.25, 0.3) is 0 Å². The topological polar surface area (TPSA) is 20.2 Å². The van der Waals surface area contributed by atoms with Crippen LogP contribution >= 0.6 is 23.5 Å². The monoisotopic (exact) mass is 190 g/mol. The predicted molar refractivity (Wildman–Crippen MR) is 52.1 cm³/mol. The average Bonchev–Trinajstić information content (AvgIpc) is 2.34. The number of thioether (sulfide) groups is 2. The van der Waals surface area contributed by atoms with Crippen LogP contribution in [-0.4, -0.2) is 26.8 Å². The molecule has 1 aliphatic heterocycles. The zero-order valence-electron chi connectivity index (χ0n) is 6.58. The second-order valence-electron chi connectivity index (χ2n) is 3.36. The summed E-state index contributed by atoms with van der Waals surface area (Å²) in [6.07, 6.45) is 4.63. The second kappa shape index (κ2) is 3.19. The normalized spacial score (nSPS) is 36.3. The predicted octanol–water partition coefficient (Wildman–Crippen LogP) is 2.10. The van der Waals surface area contributed by atoms with E-state index in [2.05, 4.69) is 23.5 Å². The van der Waals surface area contributed by atoms with Gasteiger partial charge < -0.3 is 5.11 Å². The van der Waals surface area contributed by atoms with E-state index in [9.17, 15) is 5.11 Å². The Morgan fingerprint density at radius 3 is 2.55 bits per heavy atom. The lowest BCUT2D eigenvalue weighted by Gasteiger charge is -2.31. The molecule has 3 heteroatoms. The van der Waals surface area contributed by atoms with Gasteiger partial charge in [-0.15, -0.1) is 23.5 Å². The molecule has 0 bridgehead atoms. The summed E-state index contributed by atoms with van der Waals surface area (Å²) in [6.45, 7) is 0. The van der Waals surface area contributed by atoms with Gasteiger partial charge in [-0.25, -0.2) is 0 Å². The van der Waals surface area contributed by atoms with E-state index in [1.165, 1.54) is 24.3 Å². The van der Waals surface area contributed by atoms with Gasteiger partial charge in [0.2, 0.25) is 0 Å². The van der Waals surface area contributed by atoms with Crippen molar-refractivity contribution in [1.82, 2.24) is 0 Å². The van der Waals surface area contributed by atoms with Gasteiger partial charge in [0, 0.05) is 0 Å². The maximum atomic E-state index is 9.42. The Morgan fingerprint density at radius 2 is 2.00 bits per heavy atom. The summed E-state index contributed by atoms with van der Waals surface area (Å²) >= 11 is 4.16. The molecule has 0 radical (unpaired) electrons. The quantitative estimate of drug-likeness (QED) is 0.631. The molecule has 64 valence electrons. The lowest BCUT2D eigenvalue weighted by atomic mass is 10.3. The van der Waals surface area contributed by atoms with Crippen LogP contribution in [-0.2, 0) is 0 Å². The van der Waals surface area contributed by atoms with Gasteiger partial charge in [0.15, 0.2) is 0 Å². The molecule has 1 nitrogen and oxygen atoms in total. The van der Waals surface area contributed by atoms with Crippen molar-refractivity contribution in [1.29, 1.82) is 0 Å². The van der Waals surface area contributed by atoms with E-state index in [1.54, 1.807) is 0 Å². The van der Waals surface area contributed by atoms with Crippen molar-refractivity contribution in [3.63, 3.8) is 0 Å². The third kappa shape index (κ3) is 1.70. The maximum Gasteiger partial charge on any atom is 0.0636 e. The maximum absolute atomic E-state index is 9.42. The van der Waals surface area contributed by atoms with Crippen LogP contribution in [0.15, 0.2) is 0 Å². The molecular formula is C8H14OS2. The summed E-state index contributed by atoms with van der Waals surface area (Å²) in [5.74, 6) is 2.61. The first-order valence-corrected chi connectivity index (χ1v) is 6.24. The summed E-state index contributed by atoms with van der Waals surface area (Å²) < 4.78 is 0.428. The molecule has 11 heavy (non-hydrogen) atoms. The molecule has 1 heterocycles. The van der Waals surface area contributed by atoms with E-state index in [0.29, 0.717) is 4.08 Å². The Balaban J connectivity index is 1.98. The third-order valence-electron chi connectivity index (χ3n) is 2.42. The van der Waals surface area contributed by atoms with Crippen molar-refractivity contribution >= 4 is 23.5 Å². The Hall–Kier alpha value is 0.660. The fourth-order valence-electron chi connectivity index (χ4n) is 1.83. The Labute approximate surface area is 76.3 Å². The van der Waals surface area contributed by atoms with Crippen LogP contribution < -0.4 is 0 Å². The summed E-state index contributed by atoms with van der Waals surface area (Å²) in [6, 6.07) is 0. The molecule has 1 saturated heterocycles. The largest absolute Gasteiger partial charge is 0.393 e. The summed E-state index contributed by atoms with van der Waals surface area (Å²) in [4.78, 5) is 0. The minimum absolute atomic E-state index is 0.00639. The zero-order valence-corrected chi connectivity index (χ0v) is 8.22. The van der Waals surface area contributed by atoms with Crippen molar-refractivity contribution in [3.05, 3.63) is 0 Å².